The molecule has 2 rings (SSSR count). The number of methoxy groups -OCH3 is 1. The van der Waals surface area contributed by atoms with E-state index in [1.807, 2.05) is 0 Å². The lowest BCUT2D eigenvalue weighted by Crippen LogP contribution is -2.43. The molecule has 0 bridgehead atoms. The van der Waals surface area contributed by atoms with Gasteiger partial charge < -0.3 is 19.9 Å². The fourth-order valence-corrected chi connectivity index (χ4v) is 2.55. The number of rotatable bonds is 4. The maximum absolute atomic E-state index is 12.2. The average Bonchev–Trinajstić information content (AvgIpc) is 2.86. The van der Waals surface area contributed by atoms with Gasteiger partial charge in [0.05, 0.1) is 24.3 Å². The molecule has 0 saturated carbocycles. The minimum atomic E-state index is -0.990. The molecule has 0 aliphatic carbocycles. The van der Waals surface area contributed by atoms with Crippen LogP contribution in [0.3, 0.4) is 0 Å². The van der Waals surface area contributed by atoms with Gasteiger partial charge in [-0.05, 0) is 34.7 Å². The van der Waals surface area contributed by atoms with E-state index < -0.39 is 5.60 Å². The summed E-state index contributed by atoms with van der Waals surface area (Å²) in [5, 5.41) is 13.3. The van der Waals surface area contributed by atoms with Crippen LogP contribution in [0, 0.1) is 3.57 Å². The lowest BCUT2D eigenvalue weighted by Gasteiger charge is -2.21. The second kappa shape index (κ2) is 6.46. The number of nitrogens with one attached hydrogen (secondary N) is 1. The van der Waals surface area contributed by atoms with E-state index in [4.69, 9.17) is 21.1 Å². The van der Waals surface area contributed by atoms with Gasteiger partial charge in [-0.3, -0.25) is 4.79 Å². The van der Waals surface area contributed by atoms with E-state index in [0.717, 1.165) is 3.57 Å². The number of carbonyl (C=O) groups is 1. The number of halogens is 2. The van der Waals surface area contributed by atoms with Crippen LogP contribution in [-0.4, -0.2) is 43.5 Å². The van der Waals surface area contributed by atoms with E-state index in [1.165, 1.54) is 7.11 Å². The van der Waals surface area contributed by atoms with Crippen molar-refractivity contribution in [3.05, 3.63) is 26.3 Å². The smallest absolute Gasteiger partial charge is 0.255 e. The lowest BCUT2D eigenvalue weighted by molar-refractivity contribution is 0.0264. The molecule has 1 aliphatic rings. The summed E-state index contributed by atoms with van der Waals surface area (Å²) in [6, 6.07) is 3.26. The lowest BCUT2D eigenvalue weighted by atomic mass is 10.0. The number of hydrogen-bond acceptors (Lipinski definition) is 4. The van der Waals surface area contributed by atoms with Crippen molar-refractivity contribution < 1.29 is 19.4 Å². The molecule has 1 fully saturated rings. The minimum Gasteiger partial charge on any atom is -0.496 e. The molecule has 0 aromatic heterocycles. The predicted octanol–water partition coefficient (Wildman–Crippen LogP) is 1.83. The SMILES string of the molecule is COc1cc(I)c(Cl)cc1C(=O)NCC1(O)CCOC1. The third-order valence-corrected chi connectivity index (χ3v) is 4.67. The molecular formula is C13H15ClINO4. The zero-order chi connectivity index (χ0) is 14.8. The number of carbonyl (C=O) groups excluding carboxylic acids is 1. The molecule has 5 nitrogen and oxygen atoms in total. The first-order valence-electron chi connectivity index (χ1n) is 6.06. The average molecular weight is 412 g/mol. The molecular weight excluding hydrogens is 397 g/mol. The van der Waals surface area contributed by atoms with Crippen molar-refractivity contribution in [3.63, 3.8) is 0 Å². The molecule has 7 heteroatoms. The Morgan fingerprint density at radius 3 is 3.00 bits per heavy atom. The first kappa shape index (κ1) is 15.8. The van der Waals surface area contributed by atoms with Gasteiger partial charge in [-0.1, -0.05) is 11.6 Å². The monoisotopic (exact) mass is 411 g/mol. The van der Waals surface area contributed by atoms with Crippen LogP contribution in [0.15, 0.2) is 12.1 Å². The van der Waals surface area contributed by atoms with Gasteiger partial charge in [0.2, 0.25) is 0 Å². The van der Waals surface area contributed by atoms with Gasteiger partial charge in [0.1, 0.15) is 11.4 Å². The fourth-order valence-electron chi connectivity index (χ4n) is 1.95. The summed E-state index contributed by atoms with van der Waals surface area (Å²) in [5.41, 5.74) is -0.643. The zero-order valence-electron chi connectivity index (χ0n) is 10.9. The van der Waals surface area contributed by atoms with Gasteiger partial charge in [-0.15, -0.1) is 0 Å². The molecule has 1 aliphatic heterocycles. The van der Waals surface area contributed by atoms with Gasteiger partial charge in [-0.25, -0.2) is 0 Å². The molecule has 0 radical (unpaired) electrons. The van der Waals surface area contributed by atoms with E-state index in [9.17, 15) is 9.90 Å². The zero-order valence-corrected chi connectivity index (χ0v) is 13.8. The number of benzene rings is 1. The van der Waals surface area contributed by atoms with Gasteiger partial charge in [-0.2, -0.15) is 0 Å². The first-order chi connectivity index (χ1) is 9.45. The Bertz CT molecular complexity index is 517. The number of hydrogen-bond donors (Lipinski definition) is 2. The van der Waals surface area contributed by atoms with Crippen molar-refractivity contribution in [2.45, 2.75) is 12.0 Å². The van der Waals surface area contributed by atoms with E-state index in [2.05, 4.69) is 27.9 Å². The summed E-state index contributed by atoms with van der Waals surface area (Å²) in [4.78, 5) is 12.2. The summed E-state index contributed by atoms with van der Waals surface area (Å²) in [6.45, 7) is 0.876. The van der Waals surface area contributed by atoms with Crippen molar-refractivity contribution in [2.75, 3.05) is 26.9 Å². The van der Waals surface area contributed by atoms with Gasteiger partial charge >= 0.3 is 0 Å². The number of amides is 1. The van der Waals surface area contributed by atoms with Crippen LogP contribution in [0.4, 0.5) is 0 Å². The summed E-state index contributed by atoms with van der Waals surface area (Å²) in [7, 11) is 1.49. The number of aliphatic hydroxyl groups is 1. The van der Waals surface area contributed by atoms with Crippen molar-refractivity contribution in [2.24, 2.45) is 0 Å². The molecule has 1 aromatic carbocycles. The first-order valence-corrected chi connectivity index (χ1v) is 7.52. The molecule has 1 unspecified atom stereocenters. The Labute approximate surface area is 135 Å². The molecule has 2 N–H and O–H groups in total. The predicted molar refractivity (Wildman–Crippen MR) is 83.4 cm³/mol. The summed E-state index contributed by atoms with van der Waals surface area (Å²) < 4.78 is 11.1. The van der Waals surface area contributed by atoms with Gasteiger partial charge in [0.15, 0.2) is 0 Å². The molecule has 110 valence electrons. The minimum absolute atomic E-state index is 0.137. The normalized spacial score (nSPS) is 21.8. The summed E-state index contributed by atoms with van der Waals surface area (Å²) in [5.74, 6) is 0.117. The molecule has 1 atom stereocenters. The largest absolute Gasteiger partial charge is 0.496 e. The van der Waals surface area contributed by atoms with E-state index in [0.29, 0.717) is 29.4 Å². The summed E-state index contributed by atoms with van der Waals surface area (Å²) >= 11 is 8.10. The molecule has 20 heavy (non-hydrogen) atoms. The molecule has 0 spiro atoms. The molecule has 1 heterocycles. The second-order valence-electron chi connectivity index (χ2n) is 4.68. The van der Waals surface area contributed by atoms with Crippen LogP contribution in [0.5, 0.6) is 5.75 Å². The highest BCUT2D eigenvalue weighted by atomic mass is 127. The Balaban J connectivity index is 2.10. The van der Waals surface area contributed by atoms with Crippen LogP contribution in [-0.2, 0) is 4.74 Å². The van der Waals surface area contributed by atoms with Gasteiger partial charge in [0.25, 0.3) is 5.91 Å². The molecule has 1 saturated heterocycles. The number of ether oxygens (including phenoxy) is 2. The Hall–Kier alpha value is -0.570. The standard InChI is InChI=1S/C13H15ClINO4/c1-19-11-5-10(15)9(14)4-8(11)12(17)16-6-13(18)2-3-20-7-13/h4-5,18H,2-3,6-7H2,1H3,(H,16,17). The Kier molecular flexibility index (Phi) is 5.11. The second-order valence-corrected chi connectivity index (χ2v) is 6.25. The third kappa shape index (κ3) is 3.55. The summed E-state index contributed by atoms with van der Waals surface area (Å²) in [6.07, 6.45) is 0.512. The quantitative estimate of drug-likeness (QED) is 0.742. The maximum atomic E-state index is 12.2. The van der Waals surface area contributed by atoms with E-state index >= 15 is 0 Å². The van der Waals surface area contributed by atoms with Crippen LogP contribution in [0.2, 0.25) is 5.02 Å². The highest BCUT2D eigenvalue weighted by molar-refractivity contribution is 14.1. The fraction of sp³-hybridized carbons (Fsp3) is 0.462. The molecule has 1 aromatic rings. The van der Waals surface area contributed by atoms with Crippen molar-refractivity contribution in [1.82, 2.24) is 5.32 Å². The maximum Gasteiger partial charge on any atom is 0.255 e. The Morgan fingerprint density at radius 1 is 1.65 bits per heavy atom. The van der Waals surface area contributed by atoms with Gasteiger partial charge in [0, 0.05) is 23.1 Å². The highest BCUT2D eigenvalue weighted by Gasteiger charge is 2.32. The van der Waals surface area contributed by atoms with Crippen molar-refractivity contribution in [1.29, 1.82) is 0 Å². The van der Waals surface area contributed by atoms with E-state index in [1.54, 1.807) is 12.1 Å². The Morgan fingerprint density at radius 2 is 2.40 bits per heavy atom. The van der Waals surface area contributed by atoms with Crippen molar-refractivity contribution >= 4 is 40.1 Å². The third-order valence-electron chi connectivity index (χ3n) is 3.15. The topological polar surface area (TPSA) is 67.8 Å². The van der Waals surface area contributed by atoms with Crippen LogP contribution < -0.4 is 10.1 Å². The van der Waals surface area contributed by atoms with Crippen LogP contribution in [0.1, 0.15) is 16.8 Å². The van der Waals surface area contributed by atoms with Crippen LogP contribution in [0.25, 0.3) is 0 Å². The molecule has 1 amide bonds. The van der Waals surface area contributed by atoms with Crippen LogP contribution >= 0.6 is 34.2 Å². The van der Waals surface area contributed by atoms with E-state index in [-0.39, 0.29) is 19.1 Å². The highest BCUT2D eigenvalue weighted by Crippen LogP contribution is 2.28. The van der Waals surface area contributed by atoms with Crippen molar-refractivity contribution in [3.8, 4) is 5.75 Å².